The van der Waals surface area contributed by atoms with Crippen LogP contribution in [0.1, 0.15) is 44.1 Å². The van der Waals surface area contributed by atoms with Crippen molar-refractivity contribution in [2.24, 2.45) is 17.3 Å². The van der Waals surface area contributed by atoms with E-state index in [2.05, 4.69) is 36.5 Å². The normalized spacial score (nSPS) is 32.1. The van der Waals surface area contributed by atoms with Gasteiger partial charge in [-0.05, 0) is 48.5 Å². The second-order valence-corrected chi connectivity index (χ2v) is 8.71. The molecular formula is C21H29N3O3. The molecular weight excluding hydrogens is 342 g/mol. The summed E-state index contributed by atoms with van der Waals surface area (Å²) in [6.07, 6.45) is 3.80. The van der Waals surface area contributed by atoms with Crippen LogP contribution in [0.3, 0.4) is 0 Å². The molecule has 3 N–H and O–H groups in total. The van der Waals surface area contributed by atoms with Crippen molar-refractivity contribution in [3.8, 4) is 0 Å². The van der Waals surface area contributed by atoms with Gasteiger partial charge in [-0.15, -0.1) is 0 Å². The molecule has 1 spiro atoms. The molecule has 4 rings (SSSR count). The van der Waals surface area contributed by atoms with Crippen molar-refractivity contribution < 1.29 is 14.8 Å². The number of likely N-dealkylation sites (tertiary alicyclic amines) is 1. The number of nitrogens with zero attached hydrogens (tertiary/aromatic N) is 1. The topological polar surface area (TPSA) is 81.7 Å². The Kier molecular flexibility index (Phi) is 4.95. The van der Waals surface area contributed by atoms with Crippen LogP contribution >= 0.6 is 0 Å². The van der Waals surface area contributed by atoms with E-state index in [1.807, 2.05) is 11.0 Å². The summed E-state index contributed by atoms with van der Waals surface area (Å²) < 4.78 is 0. The molecule has 27 heavy (non-hydrogen) atoms. The summed E-state index contributed by atoms with van der Waals surface area (Å²) in [5.74, 6) is -0.119. The first kappa shape index (κ1) is 18.4. The maximum Gasteiger partial charge on any atom is 0.248 e. The van der Waals surface area contributed by atoms with Gasteiger partial charge < -0.3 is 10.2 Å². The number of carbonyl (C=O) groups is 2. The highest BCUT2D eigenvalue weighted by molar-refractivity contribution is 5.90. The summed E-state index contributed by atoms with van der Waals surface area (Å²) in [5.41, 5.74) is 3.26. The fourth-order valence-corrected chi connectivity index (χ4v) is 5.01. The van der Waals surface area contributed by atoms with E-state index < -0.39 is 17.9 Å². The number of hydrogen-bond acceptors (Lipinski definition) is 4. The average Bonchev–Trinajstić information content (AvgIpc) is 3.46. The van der Waals surface area contributed by atoms with Crippen LogP contribution in [-0.4, -0.2) is 47.6 Å². The van der Waals surface area contributed by atoms with Crippen molar-refractivity contribution in [1.29, 1.82) is 0 Å². The van der Waals surface area contributed by atoms with Gasteiger partial charge in [0.2, 0.25) is 11.8 Å². The van der Waals surface area contributed by atoms with Crippen LogP contribution in [0.2, 0.25) is 0 Å². The van der Waals surface area contributed by atoms with Crippen LogP contribution in [-0.2, 0) is 9.59 Å². The van der Waals surface area contributed by atoms with E-state index in [1.165, 1.54) is 5.56 Å². The molecule has 4 unspecified atom stereocenters. The largest absolute Gasteiger partial charge is 0.341 e. The van der Waals surface area contributed by atoms with Gasteiger partial charge in [0.05, 0.1) is 12.0 Å². The predicted octanol–water partition coefficient (Wildman–Crippen LogP) is 1.90. The van der Waals surface area contributed by atoms with E-state index in [1.54, 1.807) is 5.48 Å². The third-order valence-electron chi connectivity index (χ3n) is 6.87. The maximum absolute atomic E-state index is 13.2. The molecule has 2 aliphatic heterocycles. The number of nitrogens with one attached hydrogen (secondary N) is 2. The van der Waals surface area contributed by atoms with Crippen LogP contribution in [0.5, 0.6) is 0 Å². The van der Waals surface area contributed by atoms with E-state index in [-0.39, 0.29) is 11.3 Å². The van der Waals surface area contributed by atoms with Crippen LogP contribution in [0.4, 0.5) is 0 Å². The Morgan fingerprint density at radius 1 is 1.26 bits per heavy atom. The molecule has 6 heteroatoms. The van der Waals surface area contributed by atoms with Crippen molar-refractivity contribution in [3.63, 3.8) is 0 Å². The molecule has 2 saturated heterocycles. The Bertz CT molecular complexity index is 704. The van der Waals surface area contributed by atoms with Gasteiger partial charge in [-0.2, -0.15) is 0 Å². The zero-order valence-corrected chi connectivity index (χ0v) is 15.9. The highest BCUT2D eigenvalue weighted by Gasteiger charge is 2.53. The Hall–Kier alpha value is -1.92. The van der Waals surface area contributed by atoms with Crippen LogP contribution in [0, 0.1) is 17.3 Å². The first-order valence-corrected chi connectivity index (χ1v) is 10.0. The Balaban J connectivity index is 1.44. The summed E-state index contributed by atoms with van der Waals surface area (Å²) in [4.78, 5) is 27.3. The smallest absolute Gasteiger partial charge is 0.248 e. The molecule has 1 aromatic carbocycles. The molecule has 3 fully saturated rings. The number of hydrogen-bond donors (Lipinski definition) is 3. The highest BCUT2D eigenvalue weighted by atomic mass is 16.5. The first-order valence-electron chi connectivity index (χ1n) is 10.0. The summed E-state index contributed by atoms with van der Waals surface area (Å²) >= 11 is 0. The molecule has 6 nitrogen and oxygen atoms in total. The standard InChI is InChI=1S/C21H29N3O3/c1-14-12-24(10-7-16(14)15-5-3-2-4-6-15)20(26)18-17(19(25)23-27)11-21(8-9-21)13-22-18/h2-6,14,16-18,22,27H,7-13H2,1H3,(H,23,25). The van der Waals surface area contributed by atoms with E-state index in [0.717, 1.165) is 25.8 Å². The minimum Gasteiger partial charge on any atom is -0.341 e. The number of rotatable bonds is 3. The van der Waals surface area contributed by atoms with Gasteiger partial charge >= 0.3 is 0 Å². The summed E-state index contributed by atoms with van der Waals surface area (Å²) in [5, 5.41) is 12.5. The van der Waals surface area contributed by atoms with Gasteiger partial charge in [-0.3, -0.25) is 14.8 Å². The fourth-order valence-electron chi connectivity index (χ4n) is 5.01. The van der Waals surface area contributed by atoms with Gasteiger partial charge in [-0.1, -0.05) is 37.3 Å². The second kappa shape index (κ2) is 7.24. The lowest BCUT2D eigenvalue weighted by atomic mass is 9.79. The quantitative estimate of drug-likeness (QED) is 0.560. The van der Waals surface area contributed by atoms with Crippen LogP contribution in [0.15, 0.2) is 30.3 Å². The van der Waals surface area contributed by atoms with E-state index >= 15 is 0 Å². The maximum atomic E-state index is 13.2. The van der Waals surface area contributed by atoms with Gasteiger partial charge in [0, 0.05) is 19.6 Å². The molecule has 1 saturated carbocycles. The van der Waals surface area contributed by atoms with Gasteiger partial charge in [0.1, 0.15) is 0 Å². The molecule has 0 bridgehead atoms. The minimum atomic E-state index is -0.538. The van der Waals surface area contributed by atoms with Gasteiger partial charge in [0.15, 0.2) is 0 Å². The molecule has 2 amide bonds. The van der Waals surface area contributed by atoms with Crippen LogP contribution < -0.4 is 10.8 Å². The van der Waals surface area contributed by atoms with E-state index in [9.17, 15) is 9.59 Å². The third kappa shape index (κ3) is 3.60. The molecule has 0 radical (unpaired) electrons. The molecule has 0 aromatic heterocycles. The van der Waals surface area contributed by atoms with Crippen LogP contribution in [0.25, 0.3) is 0 Å². The summed E-state index contributed by atoms with van der Waals surface area (Å²) in [6.45, 7) is 4.39. The molecule has 1 aliphatic carbocycles. The summed E-state index contributed by atoms with van der Waals surface area (Å²) in [6, 6.07) is 9.95. The average molecular weight is 371 g/mol. The van der Waals surface area contributed by atoms with E-state index in [0.29, 0.717) is 31.3 Å². The number of hydroxylamine groups is 1. The zero-order chi connectivity index (χ0) is 19.0. The Morgan fingerprint density at radius 2 is 2.00 bits per heavy atom. The summed E-state index contributed by atoms with van der Waals surface area (Å²) in [7, 11) is 0. The Morgan fingerprint density at radius 3 is 2.63 bits per heavy atom. The second-order valence-electron chi connectivity index (χ2n) is 8.71. The number of amides is 2. The first-order chi connectivity index (χ1) is 13.0. The van der Waals surface area contributed by atoms with Crippen molar-refractivity contribution in [2.45, 2.75) is 44.6 Å². The monoisotopic (exact) mass is 371 g/mol. The van der Waals surface area contributed by atoms with Crippen molar-refractivity contribution >= 4 is 11.8 Å². The minimum absolute atomic E-state index is 0.00235. The lowest BCUT2D eigenvalue weighted by Crippen LogP contribution is -2.60. The molecule has 4 atom stereocenters. The van der Waals surface area contributed by atoms with Gasteiger partial charge in [0.25, 0.3) is 0 Å². The SMILES string of the molecule is CC1CN(C(=O)C2NCC3(CC3)CC2C(=O)NO)CCC1c1ccccc1. The van der Waals surface area contributed by atoms with Crippen molar-refractivity contribution in [1.82, 2.24) is 15.7 Å². The number of carbonyl (C=O) groups excluding carboxylic acids is 2. The third-order valence-corrected chi connectivity index (χ3v) is 6.87. The highest BCUT2D eigenvalue weighted by Crippen LogP contribution is 2.52. The Labute approximate surface area is 160 Å². The lowest BCUT2D eigenvalue weighted by Gasteiger charge is -2.42. The van der Waals surface area contributed by atoms with Crippen molar-refractivity contribution in [3.05, 3.63) is 35.9 Å². The van der Waals surface area contributed by atoms with E-state index in [4.69, 9.17) is 5.21 Å². The fraction of sp³-hybridized carbons (Fsp3) is 0.619. The number of benzene rings is 1. The molecule has 1 aromatic rings. The molecule has 146 valence electrons. The molecule has 2 heterocycles. The number of piperidine rings is 2. The predicted molar refractivity (Wildman–Crippen MR) is 101 cm³/mol. The zero-order valence-electron chi connectivity index (χ0n) is 15.9. The van der Waals surface area contributed by atoms with Crippen molar-refractivity contribution in [2.75, 3.05) is 19.6 Å². The van der Waals surface area contributed by atoms with Gasteiger partial charge in [-0.25, -0.2) is 5.48 Å². The molecule has 3 aliphatic rings. The lowest BCUT2D eigenvalue weighted by molar-refractivity contribution is -0.146.